The molecule has 0 bridgehead atoms. The number of hydrogen-bond acceptors (Lipinski definition) is 1. The minimum absolute atomic E-state index is 0.202. The fourth-order valence-corrected chi connectivity index (χ4v) is 6.43. The maximum Gasteiger partial charge on any atom is 0.228 e. The zero-order chi connectivity index (χ0) is 28.6. The molecule has 0 aliphatic carbocycles. The number of aryl methyl sites for hydroxylation is 1. The molecule has 1 saturated heterocycles. The molecule has 39 heavy (non-hydrogen) atoms. The monoisotopic (exact) mass is 530 g/mol. The number of likely N-dealkylation sites (tertiary alicyclic amines) is 1. The number of unbranched alkanes of at least 4 members (excludes halogenated alkanes) is 1. The Bertz CT molecular complexity index is 1170. The molecule has 2 aromatic rings. The number of benzene rings is 1. The maximum absolute atomic E-state index is 13.6. The summed E-state index contributed by atoms with van der Waals surface area (Å²) in [6, 6.07) is 7.00. The molecule has 1 aromatic carbocycles. The van der Waals surface area contributed by atoms with Crippen molar-refractivity contribution >= 4 is 22.4 Å². The summed E-state index contributed by atoms with van der Waals surface area (Å²) < 4.78 is 0. The number of amides is 1. The normalized spacial score (nSPS) is 17.9. The van der Waals surface area contributed by atoms with Gasteiger partial charge >= 0.3 is 0 Å². The highest BCUT2D eigenvalue weighted by Gasteiger charge is 2.36. The van der Waals surface area contributed by atoms with Crippen LogP contribution in [0, 0.1) is 11.3 Å². The number of aromatic amines is 1. The van der Waals surface area contributed by atoms with E-state index in [1.165, 1.54) is 38.9 Å². The number of aromatic nitrogens is 1. The van der Waals surface area contributed by atoms with E-state index in [1.54, 1.807) is 0 Å². The van der Waals surface area contributed by atoms with Crippen LogP contribution < -0.4 is 0 Å². The first-order valence-corrected chi connectivity index (χ1v) is 15.7. The zero-order valence-corrected chi connectivity index (χ0v) is 26.0. The molecule has 0 radical (unpaired) electrons. The van der Waals surface area contributed by atoms with Gasteiger partial charge in [0, 0.05) is 35.1 Å². The van der Waals surface area contributed by atoms with Crippen LogP contribution in [0.25, 0.3) is 16.5 Å². The van der Waals surface area contributed by atoms with Crippen LogP contribution in [-0.2, 0) is 11.2 Å². The van der Waals surface area contributed by atoms with Gasteiger partial charge in [-0.1, -0.05) is 97.3 Å². The molecule has 1 aliphatic heterocycles. The van der Waals surface area contributed by atoms with Crippen molar-refractivity contribution in [1.29, 1.82) is 0 Å². The van der Waals surface area contributed by atoms with Crippen LogP contribution in [-0.4, -0.2) is 28.9 Å². The lowest BCUT2D eigenvalue weighted by Gasteiger charge is -2.39. The molecule has 2 atom stereocenters. The Morgan fingerprint density at radius 2 is 1.87 bits per heavy atom. The van der Waals surface area contributed by atoms with Crippen LogP contribution >= 0.6 is 0 Å². The van der Waals surface area contributed by atoms with E-state index in [0.29, 0.717) is 17.7 Å². The molecular formula is C36H54N2O. The second-order valence-electron chi connectivity index (χ2n) is 12.2. The quantitative estimate of drug-likeness (QED) is 0.257. The van der Waals surface area contributed by atoms with Crippen molar-refractivity contribution in [3.8, 4) is 0 Å². The van der Waals surface area contributed by atoms with Crippen molar-refractivity contribution in [3.05, 3.63) is 65.4 Å². The van der Waals surface area contributed by atoms with E-state index in [0.717, 1.165) is 70.9 Å². The third kappa shape index (κ3) is 7.16. The second-order valence-corrected chi connectivity index (χ2v) is 12.2. The van der Waals surface area contributed by atoms with Gasteiger partial charge in [0.1, 0.15) is 0 Å². The molecule has 2 unspecified atom stereocenters. The van der Waals surface area contributed by atoms with E-state index >= 15 is 0 Å². The van der Waals surface area contributed by atoms with Crippen LogP contribution in [0.1, 0.15) is 123 Å². The molecule has 1 aliphatic rings. The highest BCUT2D eigenvalue weighted by Crippen LogP contribution is 2.37. The van der Waals surface area contributed by atoms with Crippen LogP contribution in [0.3, 0.4) is 0 Å². The Kier molecular flexibility index (Phi) is 11.3. The smallest absolute Gasteiger partial charge is 0.228 e. The molecule has 0 saturated carbocycles. The summed E-state index contributed by atoms with van der Waals surface area (Å²) >= 11 is 0. The molecule has 3 rings (SSSR count). The highest BCUT2D eigenvalue weighted by molar-refractivity contribution is 5.92. The zero-order valence-electron chi connectivity index (χ0n) is 26.0. The van der Waals surface area contributed by atoms with Crippen LogP contribution in [0.4, 0.5) is 0 Å². The van der Waals surface area contributed by atoms with E-state index in [9.17, 15) is 4.79 Å². The molecule has 2 heterocycles. The number of H-pyrrole nitrogens is 1. The molecule has 1 fully saturated rings. The summed E-state index contributed by atoms with van der Waals surface area (Å²) in [5.41, 5.74) is 7.63. The van der Waals surface area contributed by atoms with Crippen LogP contribution in [0.5, 0.6) is 0 Å². The van der Waals surface area contributed by atoms with Crippen molar-refractivity contribution in [3.63, 3.8) is 0 Å². The summed E-state index contributed by atoms with van der Waals surface area (Å²) in [7, 11) is 0. The molecule has 0 spiro atoms. The lowest BCUT2D eigenvalue weighted by atomic mass is 9.78. The fourth-order valence-electron chi connectivity index (χ4n) is 6.43. The first-order chi connectivity index (χ1) is 18.7. The topological polar surface area (TPSA) is 36.1 Å². The first-order valence-electron chi connectivity index (χ1n) is 15.7. The lowest BCUT2D eigenvalue weighted by Crippen LogP contribution is -2.46. The molecule has 3 nitrogen and oxygen atoms in total. The number of nitrogens with one attached hydrogen (secondary N) is 1. The predicted molar refractivity (Wildman–Crippen MR) is 170 cm³/mol. The SMILES string of the molecule is C=C/C=C(\C=C(\C)C(C)CC)c1[nH]c2ccc(C3CCN(C(=O)C(C)(CCC)CCCC)CC3)cc2c1CC. The molecule has 214 valence electrons. The van der Waals surface area contributed by atoms with Gasteiger partial charge in [-0.05, 0) is 86.1 Å². The molecular weight excluding hydrogens is 476 g/mol. The highest BCUT2D eigenvalue weighted by atomic mass is 16.2. The summed E-state index contributed by atoms with van der Waals surface area (Å²) in [6.07, 6.45) is 15.9. The van der Waals surface area contributed by atoms with Gasteiger partial charge in [-0.3, -0.25) is 4.79 Å². The number of hydrogen-bond donors (Lipinski definition) is 1. The van der Waals surface area contributed by atoms with Crippen molar-refractivity contribution in [1.82, 2.24) is 9.88 Å². The van der Waals surface area contributed by atoms with Gasteiger partial charge in [-0.15, -0.1) is 0 Å². The van der Waals surface area contributed by atoms with E-state index in [2.05, 4.69) is 95.3 Å². The van der Waals surface area contributed by atoms with Crippen molar-refractivity contribution < 1.29 is 4.79 Å². The maximum atomic E-state index is 13.6. The van der Waals surface area contributed by atoms with Crippen LogP contribution in [0.2, 0.25) is 0 Å². The lowest BCUT2D eigenvalue weighted by molar-refractivity contribution is -0.143. The second kappa shape index (κ2) is 14.2. The molecule has 1 aromatic heterocycles. The number of fused-ring (bicyclic) bond motifs is 1. The van der Waals surface area contributed by atoms with Crippen molar-refractivity contribution in [2.45, 2.75) is 112 Å². The van der Waals surface area contributed by atoms with E-state index in [1.807, 2.05) is 6.08 Å². The predicted octanol–water partition coefficient (Wildman–Crippen LogP) is 9.99. The fraction of sp³-hybridized carbons (Fsp3) is 0.583. The Morgan fingerprint density at radius 1 is 1.15 bits per heavy atom. The molecule has 1 N–H and O–H groups in total. The number of allylic oxidation sites excluding steroid dienone is 5. The third-order valence-corrected chi connectivity index (χ3v) is 9.30. The number of piperidine rings is 1. The average Bonchev–Trinajstić information content (AvgIpc) is 3.33. The van der Waals surface area contributed by atoms with Crippen LogP contribution in [0.15, 0.2) is 48.6 Å². The molecule has 1 amide bonds. The number of carbonyl (C=O) groups excluding carboxylic acids is 1. The minimum atomic E-state index is -0.202. The van der Waals surface area contributed by atoms with E-state index in [-0.39, 0.29) is 5.41 Å². The Balaban J connectivity index is 1.84. The van der Waals surface area contributed by atoms with Gasteiger partial charge in [0.25, 0.3) is 0 Å². The standard InChI is InChI=1S/C36H54N2O/c1-9-14-21-36(8,20-11-3)35(39)38-22-18-28(19-23-38)29-16-17-33-32(25-29)31(13-5)34(37-33)30(15-10-2)24-27(7)26(6)12-4/h10,15-17,24-26,28,37H,2,9,11-14,18-23H2,1,3-8H3/b27-24-,30-15+. The van der Waals surface area contributed by atoms with Gasteiger partial charge in [0.05, 0.1) is 0 Å². The Morgan fingerprint density at radius 3 is 2.46 bits per heavy atom. The first kappa shape index (κ1) is 31.0. The van der Waals surface area contributed by atoms with Gasteiger partial charge in [-0.25, -0.2) is 0 Å². The summed E-state index contributed by atoms with van der Waals surface area (Å²) in [6.45, 7) is 21.4. The van der Waals surface area contributed by atoms with Gasteiger partial charge in [-0.2, -0.15) is 0 Å². The number of nitrogens with zero attached hydrogens (tertiary/aromatic N) is 1. The summed E-state index contributed by atoms with van der Waals surface area (Å²) in [4.78, 5) is 19.5. The average molecular weight is 531 g/mol. The minimum Gasteiger partial charge on any atom is -0.354 e. The van der Waals surface area contributed by atoms with Crippen molar-refractivity contribution in [2.75, 3.05) is 13.1 Å². The van der Waals surface area contributed by atoms with Gasteiger partial charge < -0.3 is 9.88 Å². The number of carbonyl (C=O) groups is 1. The number of rotatable bonds is 13. The van der Waals surface area contributed by atoms with Gasteiger partial charge in [0.2, 0.25) is 5.91 Å². The Hall–Kier alpha value is -2.55. The largest absolute Gasteiger partial charge is 0.354 e. The summed E-state index contributed by atoms with van der Waals surface area (Å²) in [5, 5.41) is 1.34. The van der Waals surface area contributed by atoms with Crippen molar-refractivity contribution in [2.24, 2.45) is 11.3 Å². The van der Waals surface area contributed by atoms with E-state index in [4.69, 9.17) is 0 Å². The van der Waals surface area contributed by atoms with E-state index < -0.39 is 0 Å². The Labute approximate surface area is 238 Å². The van der Waals surface area contributed by atoms with Gasteiger partial charge in [0.15, 0.2) is 0 Å². The summed E-state index contributed by atoms with van der Waals surface area (Å²) in [5.74, 6) is 1.45. The third-order valence-electron chi connectivity index (χ3n) is 9.30. The molecule has 3 heteroatoms.